The average Bonchev–Trinajstić information content (AvgIpc) is 2.25. The van der Waals surface area contributed by atoms with Gasteiger partial charge in [-0.15, -0.1) is 0 Å². The standard InChI is InChI=1S/C9H18N2OS2/c1-2-10-6-9(12)11-5-8-7-13-3-4-14-8/h8,10H,2-7H2,1H3,(H,11,12). The van der Waals surface area contributed by atoms with Gasteiger partial charge in [-0.1, -0.05) is 6.92 Å². The van der Waals surface area contributed by atoms with Crippen LogP contribution in [-0.2, 0) is 4.79 Å². The van der Waals surface area contributed by atoms with Crippen LogP contribution in [0.15, 0.2) is 0 Å². The molecule has 1 atom stereocenters. The van der Waals surface area contributed by atoms with Gasteiger partial charge in [0.15, 0.2) is 0 Å². The van der Waals surface area contributed by atoms with Crippen LogP contribution in [0, 0.1) is 0 Å². The Labute approximate surface area is 94.2 Å². The molecule has 3 nitrogen and oxygen atoms in total. The van der Waals surface area contributed by atoms with Crippen LogP contribution >= 0.6 is 23.5 Å². The van der Waals surface area contributed by atoms with Gasteiger partial charge in [-0.2, -0.15) is 23.5 Å². The van der Waals surface area contributed by atoms with E-state index in [-0.39, 0.29) is 5.91 Å². The van der Waals surface area contributed by atoms with Crippen molar-refractivity contribution in [2.24, 2.45) is 0 Å². The lowest BCUT2D eigenvalue weighted by molar-refractivity contribution is -0.120. The summed E-state index contributed by atoms with van der Waals surface area (Å²) in [5.74, 6) is 3.76. The first-order valence-electron chi connectivity index (χ1n) is 4.99. The largest absolute Gasteiger partial charge is 0.354 e. The normalized spacial score (nSPS) is 21.9. The Bertz CT molecular complexity index is 172. The lowest BCUT2D eigenvalue weighted by Gasteiger charge is -2.21. The number of amides is 1. The number of hydrogen-bond donors (Lipinski definition) is 2. The van der Waals surface area contributed by atoms with E-state index < -0.39 is 0 Å². The van der Waals surface area contributed by atoms with Crippen LogP contribution in [0.1, 0.15) is 6.92 Å². The summed E-state index contributed by atoms with van der Waals surface area (Å²) in [7, 11) is 0. The molecule has 0 radical (unpaired) electrons. The van der Waals surface area contributed by atoms with E-state index in [4.69, 9.17) is 0 Å². The van der Waals surface area contributed by atoms with Crippen molar-refractivity contribution in [2.45, 2.75) is 12.2 Å². The molecule has 0 saturated carbocycles. The molecule has 1 saturated heterocycles. The van der Waals surface area contributed by atoms with Gasteiger partial charge >= 0.3 is 0 Å². The van der Waals surface area contributed by atoms with Gasteiger partial charge in [-0.3, -0.25) is 4.79 Å². The molecule has 1 rings (SSSR count). The van der Waals surface area contributed by atoms with Crippen molar-refractivity contribution in [1.29, 1.82) is 0 Å². The number of likely N-dealkylation sites (N-methyl/N-ethyl adjacent to an activating group) is 1. The van der Waals surface area contributed by atoms with Gasteiger partial charge in [-0.25, -0.2) is 0 Å². The third-order valence-electron chi connectivity index (χ3n) is 1.95. The minimum absolute atomic E-state index is 0.114. The molecule has 0 spiro atoms. The van der Waals surface area contributed by atoms with Crippen LogP contribution in [0.2, 0.25) is 0 Å². The van der Waals surface area contributed by atoms with Crippen molar-refractivity contribution < 1.29 is 4.79 Å². The fourth-order valence-corrected chi connectivity index (χ4v) is 3.79. The molecule has 1 amide bonds. The van der Waals surface area contributed by atoms with Gasteiger partial charge < -0.3 is 10.6 Å². The molecule has 0 aromatic rings. The van der Waals surface area contributed by atoms with E-state index in [1.807, 2.05) is 30.4 Å². The maximum atomic E-state index is 11.3. The number of carbonyl (C=O) groups excluding carboxylic acids is 1. The number of thioether (sulfide) groups is 2. The second-order valence-electron chi connectivity index (χ2n) is 3.15. The van der Waals surface area contributed by atoms with E-state index in [1.54, 1.807) is 0 Å². The van der Waals surface area contributed by atoms with Gasteiger partial charge in [0.25, 0.3) is 0 Å². The highest BCUT2D eigenvalue weighted by atomic mass is 32.2. The van der Waals surface area contributed by atoms with E-state index in [1.165, 1.54) is 17.3 Å². The fraction of sp³-hybridized carbons (Fsp3) is 0.889. The summed E-state index contributed by atoms with van der Waals surface area (Å²) >= 11 is 3.96. The Balaban J connectivity index is 2.03. The van der Waals surface area contributed by atoms with Gasteiger partial charge in [0.1, 0.15) is 0 Å². The van der Waals surface area contributed by atoms with Crippen LogP contribution in [-0.4, -0.2) is 48.0 Å². The number of nitrogens with one attached hydrogen (secondary N) is 2. The number of hydrogen-bond acceptors (Lipinski definition) is 4. The third kappa shape index (κ3) is 5.12. The van der Waals surface area contributed by atoms with E-state index in [9.17, 15) is 4.79 Å². The topological polar surface area (TPSA) is 41.1 Å². The minimum Gasteiger partial charge on any atom is -0.354 e. The highest BCUT2D eigenvalue weighted by Crippen LogP contribution is 2.23. The lowest BCUT2D eigenvalue weighted by Crippen LogP contribution is -2.38. The van der Waals surface area contributed by atoms with Crippen molar-refractivity contribution in [2.75, 3.05) is 36.9 Å². The SMILES string of the molecule is CCNCC(=O)NCC1CSCCS1. The van der Waals surface area contributed by atoms with Crippen LogP contribution < -0.4 is 10.6 Å². The van der Waals surface area contributed by atoms with Crippen molar-refractivity contribution in [1.82, 2.24) is 10.6 Å². The zero-order valence-corrected chi connectivity index (χ0v) is 10.2. The molecule has 1 unspecified atom stereocenters. The van der Waals surface area contributed by atoms with Crippen molar-refractivity contribution >= 4 is 29.4 Å². The molecule has 1 aliphatic heterocycles. The first-order valence-corrected chi connectivity index (χ1v) is 7.20. The Morgan fingerprint density at radius 2 is 2.36 bits per heavy atom. The summed E-state index contributed by atoms with van der Waals surface area (Å²) in [4.78, 5) is 11.3. The molecule has 2 N–H and O–H groups in total. The summed E-state index contributed by atoms with van der Waals surface area (Å²) in [5.41, 5.74) is 0. The minimum atomic E-state index is 0.114. The summed E-state index contributed by atoms with van der Waals surface area (Å²) in [5, 5.41) is 6.57. The average molecular weight is 234 g/mol. The van der Waals surface area contributed by atoms with Gasteiger partial charge in [-0.05, 0) is 6.54 Å². The molecule has 1 aliphatic rings. The number of carbonyl (C=O) groups is 1. The third-order valence-corrected chi connectivity index (χ3v) is 4.79. The van der Waals surface area contributed by atoms with E-state index in [0.717, 1.165) is 13.1 Å². The molecule has 0 aromatic carbocycles. The second kappa shape index (κ2) is 7.43. The molecule has 1 fully saturated rings. The van der Waals surface area contributed by atoms with Crippen LogP contribution in [0.5, 0.6) is 0 Å². The van der Waals surface area contributed by atoms with Crippen LogP contribution in [0.25, 0.3) is 0 Å². The molecular weight excluding hydrogens is 216 g/mol. The molecule has 0 aliphatic carbocycles. The van der Waals surface area contributed by atoms with E-state index in [0.29, 0.717) is 11.8 Å². The fourth-order valence-electron chi connectivity index (χ4n) is 1.18. The summed E-state index contributed by atoms with van der Waals surface area (Å²) in [6, 6.07) is 0. The predicted octanol–water partition coefficient (Wildman–Crippen LogP) is 0.561. The highest BCUT2D eigenvalue weighted by molar-refractivity contribution is 8.06. The predicted molar refractivity (Wildman–Crippen MR) is 65.1 cm³/mol. The molecule has 0 aromatic heterocycles. The first-order chi connectivity index (χ1) is 6.83. The Morgan fingerprint density at radius 1 is 1.50 bits per heavy atom. The highest BCUT2D eigenvalue weighted by Gasteiger charge is 2.14. The summed E-state index contributed by atoms with van der Waals surface area (Å²) in [6.07, 6.45) is 0. The van der Waals surface area contributed by atoms with Crippen molar-refractivity contribution in [3.63, 3.8) is 0 Å². The Morgan fingerprint density at radius 3 is 3.00 bits per heavy atom. The molecule has 82 valence electrons. The van der Waals surface area contributed by atoms with Gasteiger partial charge in [0.2, 0.25) is 5.91 Å². The maximum Gasteiger partial charge on any atom is 0.233 e. The van der Waals surface area contributed by atoms with E-state index >= 15 is 0 Å². The Hall–Kier alpha value is 0.130. The van der Waals surface area contributed by atoms with E-state index in [2.05, 4.69) is 10.6 Å². The van der Waals surface area contributed by atoms with Crippen molar-refractivity contribution in [3.05, 3.63) is 0 Å². The lowest BCUT2D eigenvalue weighted by atomic mass is 10.4. The Kier molecular flexibility index (Phi) is 6.47. The molecule has 14 heavy (non-hydrogen) atoms. The molecule has 1 heterocycles. The zero-order valence-electron chi connectivity index (χ0n) is 8.54. The second-order valence-corrected chi connectivity index (χ2v) is 5.71. The maximum absolute atomic E-state index is 11.3. The zero-order chi connectivity index (χ0) is 10.2. The molecule has 5 heteroatoms. The van der Waals surface area contributed by atoms with Crippen LogP contribution in [0.3, 0.4) is 0 Å². The van der Waals surface area contributed by atoms with Gasteiger partial charge in [0, 0.05) is 29.1 Å². The van der Waals surface area contributed by atoms with Gasteiger partial charge in [0.05, 0.1) is 6.54 Å². The number of rotatable bonds is 5. The molecule has 0 bridgehead atoms. The molecular formula is C9H18N2OS2. The van der Waals surface area contributed by atoms with Crippen LogP contribution in [0.4, 0.5) is 0 Å². The summed E-state index contributed by atoms with van der Waals surface area (Å²) in [6.45, 7) is 4.12. The van der Waals surface area contributed by atoms with Crippen molar-refractivity contribution in [3.8, 4) is 0 Å². The summed E-state index contributed by atoms with van der Waals surface area (Å²) < 4.78 is 0. The monoisotopic (exact) mass is 234 g/mol. The smallest absolute Gasteiger partial charge is 0.233 e. The quantitative estimate of drug-likeness (QED) is 0.729. The first kappa shape index (κ1) is 12.2.